The van der Waals surface area contributed by atoms with Crippen molar-refractivity contribution >= 4 is 23.1 Å². The third kappa shape index (κ3) is 5.73. The Bertz CT molecular complexity index is 1490. The van der Waals surface area contributed by atoms with Crippen molar-refractivity contribution < 1.29 is 28.9 Å². The lowest BCUT2D eigenvalue weighted by Gasteiger charge is -2.31. The number of pyridine rings is 1. The summed E-state index contributed by atoms with van der Waals surface area (Å²) < 4.78 is 19.0. The zero-order valence-corrected chi connectivity index (χ0v) is 24.9. The van der Waals surface area contributed by atoms with E-state index in [0.717, 1.165) is 37.9 Å². The predicted octanol–water partition coefficient (Wildman–Crippen LogP) is 4.28. The van der Waals surface area contributed by atoms with E-state index < -0.39 is 17.7 Å². The molecule has 224 valence electrons. The fraction of sp³-hybridized carbons (Fsp3) is 0.469. The number of ether oxygens (including phenoxy) is 3. The van der Waals surface area contributed by atoms with Gasteiger partial charge in [-0.3, -0.25) is 14.5 Å². The van der Waals surface area contributed by atoms with Crippen molar-refractivity contribution in [3.05, 3.63) is 64.6 Å². The molecule has 2 aliphatic heterocycles. The Morgan fingerprint density at radius 2 is 1.88 bits per heavy atom. The molecule has 1 aromatic carbocycles. The maximum absolute atomic E-state index is 13.6. The molecule has 10 nitrogen and oxygen atoms in total. The number of carbonyl (C=O) groups excluding carboxylic acids is 2. The second-order valence-electron chi connectivity index (χ2n) is 10.8. The van der Waals surface area contributed by atoms with E-state index in [2.05, 4.69) is 11.8 Å². The van der Waals surface area contributed by atoms with Gasteiger partial charge in [0.15, 0.2) is 17.3 Å². The topological polar surface area (TPSA) is 106 Å². The van der Waals surface area contributed by atoms with Gasteiger partial charge in [0.2, 0.25) is 0 Å². The summed E-state index contributed by atoms with van der Waals surface area (Å²) in [6.45, 7) is 10.1. The van der Waals surface area contributed by atoms with Crippen LogP contribution in [0.2, 0.25) is 0 Å². The number of hydrogen-bond donors (Lipinski definition) is 1. The van der Waals surface area contributed by atoms with E-state index in [-0.39, 0.29) is 17.0 Å². The number of likely N-dealkylation sites (tertiary alicyclic amines) is 1. The summed E-state index contributed by atoms with van der Waals surface area (Å²) in [5, 5.41) is 11.7. The number of aliphatic hydroxyl groups excluding tert-OH is 1. The molecule has 0 bridgehead atoms. The molecule has 10 heteroatoms. The third-order valence-electron chi connectivity index (χ3n) is 8.12. The van der Waals surface area contributed by atoms with Gasteiger partial charge in [-0.25, -0.2) is 4.98 Å². The summed E-state index contributed by atoms with van der Waals surface area (Å²) in [5.41, 5.74) is 3.24. The SMILES string of the molecule is CCCCCOc1ccc(C2C(=C(O)c3nc4c(C)cccn4c3C)C(=O)C(=O)N2CCN2CCOCC2)cc1OC. The van der Waals surface area contributed by atoms with Crippen LogP contribution in [0.4, 0.5) is 0 Å². The van der Waals surface area contributed by atoms with Crippen LogP contribution >= 0.6 is 0 Å². The summed E-state index contributed by atoms with van der Waals surface area (Å²) in [6.07, 6.45) is 4.96. The number of aliphatic hydroxyl groups is 1. The molecule has 1 amide bonds. The Morgan fingerprint density at radius 3 is 2.60 bits per heavy atom. The average molecular weight is 577 g/mol. The number of rotatable bonds is 11. The summed E-state index contributed by atoms with van der Waals surface area (Å²) in [4.78, 5) is 35.7. The van der Waals surface area contributed by atoms with Gasteiger partial charge in [0.1, 0.15) is 11.3 Å². The van der Waals surface area contributed by atoms with Gasteiger partial charge in [0.25, 0.3) is 11.7 Å². The molecule has 5 rings (SSSR count). The lowest BCUT2D eigenvalue weighted by Crippen LogP contribution is -2.42. The lowest BCUT2D eigenvalue weighted by atomic mass is 9.96. The van der Waals surface area contributed by atoms with E-state index in [1.807, 2.05) is 48.7 Å². The molecule has 0 radical (unpaired) electrons. The number of hydrogen-bond acceptors (Lipinski definition) is 8. The average Bonchev–Trinajstić information content (AvgIpc) is 3.48. The highest BCUT2D eigenvalue weighted by Gasteiger charge is 2.46. The highest BCUT2D eigenvalue weighted by molar-refractivity contribution is 6.46. The zero-order chi connectivity index (χ0) is 29.8. The normalized spacial score (nSPS) is 19.1. The first-order chi connectivity index (χ1) is 20.3. The zero-order valence-electron chi connectivity index (χ0n) is 24.9. The first kappa shape index (κ1) is 29.6. The molecule has 2 aromatic heterocycles. The maximum atomic E-state index is 13.6. The number of aromatic nitrogens is 2. The smallest absolute Gasteiger partial charge is 0.295 e. The molecule has 1 atom stereocenters. The van der Waals surface area contributed by atoms with Crippen molar-refractivity contribution in [2.24, 2.45) is 0 Å². The van der Waals surface area contributed by atoms with E-state index in [0.29, 0.717) is 61.3 Å². The highest BCUT2D eigenvalue weighted by Crippen LogP contribution is 2.42. The number of imidazole rings is 1. The quantitative estimate of drug-likeness (QED) is 0.156. The number of unbranched alkanes of at least 4 members (excludes halogenated alkanes) is 2. The Kier molecular flexibility index (Phi) is 9.13. The summed E-state index contributed by atoms with van der Waals surface area (Å²) in [6, 6.07) is 8.46. The summed E-state index contributed by atoms with van der Waals surface area (Å²) in [7, 11) is 1.57. The molecular weight excluding hydrogens is 536 g/mol. The Hall–Kier alpha value is -3.89. The van der Waals surface area contributed by atoms with Gasteiger partial charge in [-0.2, -0.15) is 0 Å². The van der Waals surface area contributed by atoms with Crippen LogP contribution in [0.3, 0.4) is 0 Å². The molecular formula is C32H40N4O6. The van der Waals surface area contributed by atoms with Crippen LogP contribution in [0, 0.1) is 13.8 Å². The molecule has 2 fully saturated rings. The predicted molar refractivity (Wildman–Crippen MR) is 159 cm³/mol. The molecule has 0 saturated carbocycles. The minimum absolute atomic E-state index is 0.0183. The number of methoxy groups -OCH3 is 1. The number of fused-ring (bicyclic) bond motifs is 1. The van der Waals surface area contributed by atoms with Gasteiger partial charge in [0, 0.05) is 32.4 Å². The molecule has 1 N–H and O–H groups in total. The van der Waals surface area contributed by atoms with E-state index >= 15 is 0 Å². The molecule has 0 aliphatic carbocycles. The molecule has 1 unspecified atom stereocenters. The first-order valence-corrected chi connectivity index (χ1v) is 14.7. The van der Waals surface area contributed by atoms with Crippen LogP contribution in [0.1, 0.15) is 54.7 Å². The van der Waals surface area contributed by atoms with Gasteiger partial charge in [-0.15, -0.1) is 0 Å². The maximum Gasteiger partial charge on any atom is 0.295 e. The van der Waals surface area contributed by atoms with Gasteiger partial charge in [0.05, 0.1) is 44.2 Å². The van der Waals surface area contributed by atoms with Crippen LogP contribution in [0.15, 0.2) is 42.1 Å². The fourth-order valence-electron chi connectivity index (χ4n) is 5.71. The van der Waals surface area contributed by atoms with Crippen molar-refractivity contribution in [3.63, 3.8) is 0 Å². The Labute approximate surface area is 246 Å². The van der Waals surface area contributed by atoms with Crippen LogP contribution in [0.5, 0.6) is 11.5 Å². The number of ketones is 1. The summed E-state index contributed by atoms with van der Waals surface area (Å²) >= 11 is 0. The molecule has 4 heterocycles. The number of aryl methyl sites for hydroxylation is 2. The number of amides is 1. The highest BCUT2D eigenvalue weighted by atomic mass is 16.5. The Morgan fingerprint density at radius 1 is 1.10 bits per heavy atom. The van der Waals surface area contributed by atoms with Crippen molar-refractivity contribution in [1.29, 1.82) is 0 Å². The number of nitrogens with zero attached hydrogens (tertiary/aromatic N) is 4. The molecule has 42 heavy (non-hydrogen) atoms. The van der Waals surface area contributed by atoms with E-state index in [4.69, 9.17) is 19.2 Å². The van der Waals surface area contributed by atoms with Crippen LogP contribution in [-0.2, 0) is 14.3 Å². The van der Waals surface area contributed by atoms with Crippen molar-refractivity contribution in [2.75, 3.05) is 53.1 Å². The monoisotopic (exact) mass is 576 g/mol. The van der Waals surface area contributed by atoms with E-state index in [1.165, 1.54) is 0 Å². The summed E-state index contributed by atoms with van der Waals surface area (Å²) in [5.74, 6) is -0.568. The minimum Gasteiger partial charge on any atom is -0.505 e. The molecule has 2 saturated heterocycles. The van der Waals surface area contributed by atoms with Gasteiger partial charge < -0.3 is 28.6 Å². The minimum atomic E-state index is -0.820. The van der Waals surface area contributed by atoms with Crippen LogP contribution < -0.4 is 9.47 Å². The standard InChI is InChI=1S/C32H40N4O6/c1-5-6-7-17-42-24-11-10-23(20-25(24)40-4)28-26(29(37)27-22(3)35-12-8-9-21(2)31(35)33-27)30(38)32(39)36(28)14-13-34-15-18-41-19-16-34/h8-12,20,28,37H,5-7,13-19H2,1-4H3. The molecule has 0 spiro atoms. The Balaban J connectivity index is 1.57. The number of carbonyl (C=O) groups is 2. The van der Waals surface area contributed by atoms with Gasteiger partial charge in [-0.05, 0) is 49.6 Å². The lowest BCUT2D eigenvalue weighted by molar-refractivity contribution is -0.140. The van der Waals surface area contributed by atoms with E-state index in [9.17, 15) is 14.7 Å². The second-order valence-corrected chi connectivity index (χ2v) is 10.8. The first-order valence-electron chi connectivity index (χ1n) is 14.7. The number of Topliss-reactive ketones (excluding diaryl/α,β-unsaturated/α-hetero) is 1. The molecule has 2 aliphatic rings. The number of benzene rings is 1. The van der Waals surface area contributed by atoms with Crippen LogP contribution in [-0.4, -0.2) is 89.1 Å². The van der Waals surface area contributed by atoms with Gasteiger partial charge in [-0.1, -0.05) is 31.9 Å². The fourth-order valence-corrected chi connectivity index (χ4v) is 5.71. The molecule has 3 aromatic rings. The van der Waals surface area contributed by atoms with Crippen LogP contribution in [0.25, 0.3) is 11.4 Å². The third-order valence-corrected chi connectivity index (χ3v) is 8.12. The largest absolute Gasteiger partial charge is 0.505 e. The van der Waals surface area contributed by atoms with Gasteiger partial charge >= 0.3 is 0 Å². The number of morpholine rings is 1. The van der Waals surface area contributed by atoms with Crippen molar-refractivity contribution in [1.82, 2.24) is 19.2 Å². The second kappa shape index (κ2) is 13.0. The van der Waals surface area contributed by atoms with E-state index in [1.54, 1.807) is 18.1 Å². The van der Waals surface area contributed by atoms with Crippen molar-refractivity contribution in [3.8, 4) is 11.5 Å². The van der Waals surface area contributed by atoms with Crippen molar-refractivity contribution in [2.45, 2.75) is 46.1 Å².